The molecule has 0 saturated carbocycles. The molecule has 0 spiro atoms. The van der Waals surface area contributed by atoms with Crippen molar-refractivity contribution in [2.24, 2.45) is 11.3 Å². The van der Waals surface area contributed by atoms with Crippen LogP contribution in [0.1, 0.15) is 63.9 Å². The molecule has 1 heterocycles. The van der Waals surface area contributed by atoms with E-state index >= 15 is 0 Å². The van der Waals surface area contributed by atoms with Crippen LogP contribution in [0.15, 0.2) is 48.5 Å². The molecule has 172 valence electrons. The highest BCUT2D eigenvalue weighted by atomic mass is 35.5. The minimum Gasteiger partial charge on any atom is -0.322 e. The van der Waals surface area contributed by atoms with Crippen LogP contribution >= 0.6 is 22.9 Å². The number of nitrogens with one attached hydrogen (secondary N) is 2. The fraction of sp³-hybridized carbons (Fsp3) is 0.333. The quantitative estimate of drug-likeness (QED) is 0.409. The van der Waals surface area contributed by atoms with Gasteiger partial charge in [-0.15, -0.1) is 11.3 Å². The Balaban J connectivity index is 1.68. The third kappa shape index (κ3) is 5.31. The Morgan fingerprint density at radius 3 is 2.42 bits per heavy atom. The van der Waals surface area contributed by atoms with Crippen LogP contribution in [0.25, 0.3) is 0 Å². The Hall–Kier alpha value is -2.63. The molecule has 0 saturated heterocycles. The second-order valence-electron chi connectivity index (χ2n) is 9.80. The monoisotopic (exact) mass is 480 g/mol. The number of carbonyl (C=O) groups is 2. The van der Waals surface area contributed by atoms with E-state index in [2.05, 4.69) is 31.4 Å². The fourth-order valence-electron chi connectivity index (χ4n) is 4.35. The highest BCUT2D eigenvalue weighted by molar-refractivity contribution is 7.17. The Morgan fingerprint density at radius 1 is 1.03 bits per heavy atom. The number of hydrogen-bond donors (Lipinski definition) is 2. The molecule has 3 aromatic rings. The molecule has 1 atom stereocenters. The molecule has 4 nitrogen and oxygen atoms in total. The molecule has 0 bridgehead atoms. The first-order valence-corrected chi connectivity index (χ1v) is 12.4. The molecular weight excluding hydrogens is 452 g/mol. The molecule has 1 aromatic heterocycles. The molecular formula is C27H29ClN2O2S. The van der Waals surface area contributed by atoms with Crippen molar-refractivity contribution in [3.63, 3.8) is 0 Å². The van der Waals surface area contributed by atoms with Crippen LogP contribution in [-0.2, 0) is 12.8 Å². The van der Waals surface area contributed by atoms with Gasteiger partial charge in [-0.2, -0.15) is 0 Å². The second kappa shape index (κ2) is 9.32. The number of halogens is 1. The molecule has 1 aliphatic rings. The Bertz CT molecular complexity index is 1190. The van der Waals surface area contributed by atoms with Gasteiger partial charge in [0.15, 0.2) is 0 Å². The van der Waals surface area contributed by atoms with Gasteiger partial charge in [-0.25, -0.2) is 0 Å². The zero-order valence-electron chi connectivity index (χ0n) is 19.4. The lowest BCUT2D eigenvalue weighted by atomic mass is 9.72. The number of thiophene rings is 1. The van der Waals surface area contributed by atoms with Crippen molar-refractivity contribution >= 4 is 45.4 Å². The number of hydrogen-bond acceptors (Lipinski definition) is 3. The van der Waals surface area contributed by atoms with Gasteiger partial charge in [0.05, 0.1) is 5.56 Å². The van der Waals surface area contributed by atoms with Crippen molar-refractivity contribution in [2.75, 3.05) is 10.6 Å². The molecule has 0 radical (unpaired) electrons. The summed E-state index contributed by atoms with van der Waals surface area (Å²) in [5.41, 5.74) is 4.17. The summed E-state index contributed by atoms with van der Waals surface area (Å²) in [5, 5.41) is 7.23. The van der Waals surface area contributed by atoms with Crippen molar-refractivity contribution in [3.8, 4) is 0 Å². The van der Waals surface area contributed by atoms with Crippen molar-refractivity contribution in [3.05, 3.63) is 80.7 Å². The summed E-state index contributed by atoms with van der Waals surface area (Å²) in [6.45, 7) is 8.80. The number of benzene rings is 2. The van der Waals surface area contributed by atoms with Gasteiger partial charge >= 0.3 is 0 Å². The zero-order valence-corrected chi connectivity index (χ0v) is 21.0. The smallest absolute Gasteiger partial charge is 0.258 e. The van der Waals surface area contributed by atoms with Crippen molar-refractivity contribution in [1.29, 1.82) is 0 Å². The first kappa shape index (κ1) is 23.5. The van der Waals surface area contributed by atoms with E-state index in [0.717, 1.165) is 36.1 Å². The Labute approximate surface area is 204 Å². The van der Waals surface area contributed by atoms with Gasteiger partial charge in [-0.05, 0) is 85.0 Å². The maximum atomic E-state index is 13.4. The number of carbonyl (C=O) groups excluding carboxylic acids is 2. The summed E-state index contributed by atoms with van der Waals surface area (Å²) < 4.78 is 0. The summed E-state index contributed by atoms with van der Waals surface area (Å²) in [6.07, 6.45) is 2.79. The number of rotatable bonds is 4. The SMILES string of the molecule is Cc1cccc(NC(=O)c2c(NC(=O)c3ccc(Cl)cc3)sc3c2CCC(C(C)(C)C)C3)c1. The first-order valence-electron chi connectivity index (χ1n) is 11.2. The van der Waals surface area contributed by atoms with Gasteiger partial charge in [0.25, 0.3) is 11.8 Å². The molecule has 6 heteroatoms. The topological polar surface area (TPSA) is 58.2 Å². The van der Waals surface area contributed by atoms with Crippen LogP contribution < -0.4 is 10.6 Å². The first-order chi connectivity index (χ1) is 15.6. The van der Waals surface area contributed by atoms with E-state index in [1.54, 1.807) is 24.3 Å². The van der Waals surface area contributed by atoms with Crippen LogP contribution in [0.2, 0.25) is 5.02 Å². The lowest BCUT2D eigenvalue weighted by Crippen LogP contribution is -2.27. The van der Waals surface area contributed by atoms with Crippen LogP contribution in [0.3, 0.4) is 0 Å². The minimum absolute atomic E-state index is 0.182. The highest BCUT2D eigenvalue weighted by Crippen LogP contribution is 2.44. The molecule has 1 aliphatic carbocycles. The van der Waals surface area contributed by atoms with E-state index in [1.807, 2.05) is 31.2 Å². The van der Waals surface area contributed by atoms with E-state index in [4.69, 9.17) is 11.6 Å². The van der Waals surface area contributed by atoms with Gasteiger partial charge in [0, 0.05) is 21.2 Å². The molecule has 33 heavy (non-hydrogen) atoms. The van der Waals surface area contributed by atoms with Crippen LogP contribution in [0.5, 0.6) is 0 Å². The third-order valence-corrected chi connectivity index (χ3v) is 7.75. The van der Waals surface area contributed by atoms with Gasteiger partial charge < -0.3 is 10.6 Å². The summed E-state index contributed by atoms with van der Waals surface area (Å²) in [5.74, 6) is 0.108. The lowest BCUT2D eigenvalue weighted by molar-refractivity contribution is 0.102. The third-order valence-electron chi connectivity index (χ3n) is 6.33. The molecule has 2 aromatic carbocycles. The number of amides is 2. The average Bonchev–Trinajstić information content (AvgIpc) is 3.10. The van der Waals surface area contributed by atoms with Crippen molar-refractivity contribution in [1.82, 2.24) is 0 Å². The zero-order chi connectivity index (χ0) is 23.8. The minimum atomic E-state index is -0.248. The maximum Gasteiger partial charge on any atom is 0.258 e. The number of fused-ring (bicyclic) bond motifs is 1. The van der Waals surface area contributed by atoms with Crippen LogP contribution in [-0.4, -0.2) is 11.8 Å². The van der Waals surface area contributed by atoms with Crippen LogP contribution in [0.4, 0.5) is 10.7 Å². The predicted octanol–water partition coefficient (Wildman–Crippen LogP) is 7.37. The Morgan fingerprint density at radius 2 is 1.76 bits per heavy atom. The molecule has 0 fully saturated rings. The summed E-state index contributed by atoms with van der Waals surface area (Å²) in [6, 6.07) is 14.5. The van der Waals surface area contributed by atoms with Crippen LogP contribution in [0, 0.1) is 18.3 Å². The summed E-state index contributed by atoms with van der Waals surface area (Å²) in [7, 11) is 0. The standard InChI is InChI=1S/C27H29ClN2O2S/c1-16-6-5-7-20(14-16)29-25(32)23-21-13-10-18(27(2,3)4)15-22(21)33-26(23)30-24(31)17-8-11-19(28)12-9-17/h5-9,11-12,14,18H,10,13,15H2,1-4H3,(H,29,32)(H,30,31). The van der Waals surface area contributed by atoms with Crippen molar-refractivity contribution < 1.29 is 9.59 Å². The second-order valence-corrected chi connectivity index (χ2v) is 11.3. The molecule has 1 unspecified atom stereocenters. The Kier molecular flexibility index (Phi) is 6.64. The van der Waals surface area contributed by atoms with Gasteiger partial charge in [0.1, 0.15) is 5.00 Å². The number of anilines is 2. The summed E-state index contributed by atoms with van der Waals surface area (Å²) >= 11 is 7.50. The van der Waals surface area contributed by atoms with E-state index in [9.17, 15) is 9.59 Å². The molecule has 0 aliphatic heterocycles. The summed E-state index contributed by atoms with van der Waals surface area (Å²) in [4.78, 5) is 27.6. The average molecular weight is 481 g/mol. The largest absolute Gasteiger partial charge is 0.322 e. The van der Waals surface area contributed by atoms with E-state index in [0.29, 0.717) is 27.1 Å². The fourth-order valence-corrected chi connectivity index (χ4v) is 5.79. The predicted molar refractivity (Wildman–Crippen MR) is 138 cm³/mol. The van der Waals surface area contributed by atoms with E-state index in [-0.39, 0.29) is 17.2 Å². The molecule has 2 N–H and O–H groups in total. The van der Waals surface area contributed by atoms with Gasteiger partial charge in [-0.3, -0.25) is 9.59 Å². The maximum absolute atomic E-state index is 13.4. The van der Waals surface area contributed by atoms with Gasteiger partial charge in [-0.1, -0.05) is 44.5 Å². The number of aryl methyl sites for hydroxylation is 1. The normalized spacial score (nSPS) is 15.6. The lowest BCUT2D eigenvalue weighted by Gasteiger charge is -2.33. The van der Waals surface area contributed by atoms with Crippen molar-refractivity contribution in [2.45, 2.75) is 47.0 Å². The molecule has 2 amide bonds. The molecule has 4 rings (SSSR count). The highest BCUT2D eigenvalue weighted by Gasteiger charge is 2.34. The van der Waals surface area contributed by atoms with E-state index in [1.165, 1.54) is 16.2 Å². The van der Waals surface area contributed by atoms with Gasteiger partial charge in [0.2, 0.25) is 0 Å². The van der Waals surface area contributed by atoms with E-state index < -0.39 is 0 Å².